The predicted octanol–water partition coefficient (Wildman–Crippen LogP) is 3.04. The molecule has 2 aromatic rings. The molecule has 98 valence electrons. The van der Waals surface area contributed by atoms with Crippen LogP contribution in [0.25, 0.3) is 0 Å². The van der Waals surface area contributed by atoms with Crippen molar-refractivity contribution in [1.29, 1.82) is 0 Å². The van der Waals surface area contributed by atoms with E-state index in [1.807, 2.05) is 26.2 Å². The van der Waals surface area contributed by atoms with Crippen molar-refractivity contribution < 1.29 is 9.90 Å². The monoisotopic (exact) mass is 255 g/mol. The van der Waals surface area contributed by atoms with Crippen LogP contribution in [0.4, 0.5) is 5.69 Å². The maximum absolute atomic E-state index is 10.8. The van der Waals surface area contributed by atoms with Crippen LogP contribution >= 0.6 is 0 Å². The van der Waals surface area contributed by atoms with E-state index in [-0.39, 0.29) is 0 Å². The summed E-state index contributed by atoms with van der Waals surface area (Å²) >= 11 is 0. The molecule has 0 fully saturated rings. The van der Waals surface area contributed by atoms with Crippen LogP contribution in [0.5, 0.6) is 0 Å². The summed E-state index contributed by atoms with van der Waals surface area (Å²) in [6.07, 6.45) is 0.813. The summed E-state index contributed by atoms with van der Waals surface area (Å²) in [5.74, 6) is -0.887. The number of aromatic carboxylic acids is 1. The van der Waals surface area contributed by atoms with Gasteiger partial charge in [-0.05, 0) is 41.8 Å². The number of carboxylic acid groups (broad SMARTS) is 1. The van der Waals surface area contributed by atoms with E-state index in [0.29, 0.717) is 5.56 Å². The standard InChI is InChI=1S/C16H17NO2/c1-17(2)15-9-5-13(6-10-15)11-12-3-7-14(8-4-12)16(18)19/h3-10H,11H2,1-2H3,(H,18,19). The fraction of sp³-hybridized carbons (Fsp3) is 0.188. The Bertz CT molecular complexity index is 556. The molecule has 0 spiro atoms. The molecular weight excluding hydrogens is 238 g/mol. The predicted molar refractivity (Wildman–Crippen MR) is 77.0 cm³/mol. The van der Waals surface area contributed by atoms with Gasteiger partial charge in [0.1, 0.15) is 0 Å². The highest BCUT2D eigenvalue weighted by molar-refractivity contribution is 5.87. The lowest BCUT2D eigenvalue weighted by atomic mass is 10.0. The first-order valence-corrected chi connectivity index (χ1v) is 6.15. The van der Waals surface area contributed by atoms with Gasteiger partial charge in [-0.3, -0.25) is 0 Å². The smallest absolute Gasteiger partial charge is 0.335 e. The molecule has 0 unspecified atom stereocenters. The van der Waals surface area contributed by atoms with Crippen molar-refractivity contribution in [2.45, 2.75) is 6.42 Å². The molecule has 0 saturated heterocycles. The largest absolute Gasteiger partial charge is 0.478 e. The Balaban J connectivity index is 2.10. The zero-order valence-electron chi connectivity index (χ0n) is 11.1. The van der Waals surface area contributed by atoms with Gasteiger partial charge >= 0.3 is 5.97 Å². The maximum Gasteiger partial charge on any atom is 0.335 e. The molecule has 0 aromatic heterocycles. The van der Waals surface area contributed by atoms with Gasteiger partial charge in [-0.2, -0.15) is 0 Å². The van der Waals surface area contributed by atoms with Gasteiger partial charge in [0.25, 0.3) is 0 Å². The van der Waals surface area contributed by atoms with Gasteiger partial charge in [0, 0.05) is 19.8 Å². The highest BCUT2D eigenvalue weighted by Gasteiger charge is 2.02. The van der Waals surface area contributed by atoms with Gasteiger partial charge in [0.15, 0.2) is 0 Å². The van der Waals surface area contributed by atoms with Crippen molar-refractivity contribution >= 4 is 11.7 Å². The summed E-state index contributed by atoms with van der Waals surface area (Å²) in [4.78, 5) is 12.8. The van der Waals surface area contributed by atoms with Gasteiger partial charge in [0.2, 0.25) is 0 Å². The third-order valence-electron chi connectivity index (χ3n) is 3.06. The number of nitrogens with zero attached hydrogens (tertiary/aromatic N) is 1. The number of anilines is 1. The van der Waals surface area contributed by atoms with Gasteiger partial charge in [-0.25, -0.2) is 4.79 Å². The van der Waals surface area contributed by atoms with Crippen LogP contribution in [0.2, 0.25) is 0 Å². The second-order valence-corrected chi connectivity index (χ2v) is 4.74. The molecular formula is C16H17NO2. The van der Waals surface area contributed by atoms with Crippen LogP contribution in [0.3, 0.4) is 0 Å². The van der Waals surface area contributed by atoms with Crippen LogP contribution in [0, 0.1) is 0 Å². The Kier molecular flexibility index (Phi) is 3.85. The summed E-state index contributed by atoms with van der Waals surface area (Å²) in [5, 5.41) is 8.84. The quantitative estimate of drug-likeness (QED) is 0.912. The first kappa shape index (κ1) is 13.1. The van der Waals surface area contributed by atoms with E-state index in [9.17, 15) is 4.79 Å². The van der Waals surface area contributed by atoms with Gasteiger partial charge in [0.05, 0.1) is 5.56 Å². The van der Waals surface area contributed by atoms with Crippen molar-refractivity contribution in [2.75, 3.05) is 19.0 Å². The lowest BCUT2D eigenvalue weighted by Crippen LogP contribution is -2.08. The van der Waals surface area contributed by atoms with E-state index in [4.69, 9.17) is 5.11 Å². The summed E-state index contributed by atoms with van der Waals surface area (Å²) in [6, 6.07) is 15.4. The van der Waals surface area contributed by atoms with Crippen LogP contribution in [-0.4, -0.2) is 25.2 Å². The molecule has 0 atom stereocenters. The summed E-state index contributed by atoms with van der Waals surface area (Å²) in [7, 11) is 4.03. The lowest BCUT2D eigenvalue weighted by Gasteiger charge is -2.12. The number of benzene rings is 2. The number of carboxylic acids is 1. The van der Waals surface area contributed by atoms with E-state index in [1.165, 1.54) is 11.3 Å². The molecule has 0 aliphatic heterocycles. The normalized spacial score (nSPS) is 10.2. The van der Waals surface area contributed by atoms with Crippen molar-refractivity contribution in [3.8, 4) is 0 Å². The molecule has 2 aromatic carbocycles. The average Bonchev–Trinajstić information content (AvgIpc) is 2.40. The van der Waals surface area contributed by atoms with E-state index < -0.39 is 5.97 Å². The number of hydrogen-bond donors (Lipinski definition) is 1. The van der Waals surface area contributed by atoms with Crippen molar-refractivity contribution in [3.63, 3.8) is 0 Å². The fourth-order valence-corrected chi connectivity index (χ4v) is 1.91. The van der Waals surface area contributed by atoms with Crippen LogP contribution in [0.15, 0.2) is 48.5 Å². The maximum atomic E-state index is 10.8. The minimum absolute atomic E-state index is 0.326. The van der Waals surface area contributed by atoms with Crippen LogP contribution in [-0.2, 0) is 6.42 Å². The average molecular weight is 255 g/mol. The molecule has 1 N–H and O–H groups in total. The second-order valence-electron chi connectivity index (χ2n) is 4.74. The number of hydrogen-bond acceptors (Lipinski definition) is 2. The number of rotatable bonds is 4. The van der Waals surface area contributed by atoms with Crippen LogP contribution < -0.4 is 4.90 Å². The van der Waals surface area contributed by atoms with Crippen LogP contribution in [0.1, 0.15) is 21.5 Å². The summed E-state index contributed by atoms with van der Waals surface area (Å²) in [6.45, 7) is 0. The first-order valence-electron chi connectivity index (χ1n) is 6.15. The molecule has 0 heterocycles. The Hall–Kier alpha value is -2.29. The lowest BCUT2D eigenvalue weighted by molar-refractivity contribution is 0.0697. The molecule has 3 nitrogen and oxygen atoms in total. The molecule has 0 amide bonds. The molecule has 0 aliphatic rings. The Morgan fingerprint density at radius 1 is 0.947 bits per heavy atom. The second kappa shape index (κ2) is 5.57. The van der Waals surface area contributed by atoms with Gasteiger partial charge in [-0.15, -0.1) is 0 Å². The first-order chi connectivity index (χ1) is 9.06. The third-order valence-corrected chi connectivity index (χ3v) is 3.06. The minimum atomic E-state index is -0.887. The molecule has 0 bridgehead atoms. The van der Waals surface area contributed by atoms with E-state index in [2.05, 4.69) is 29.2 Å². The fourth-order valence-electron chi connectivity index (χ4n) is 1.91. The molecule has 0 radical (unpaired) electrons. The van der Waals surface area contributed by atoms with Crippen molar-refractivity contribution in [3.05, 3.63) is 65.2 Å². The van der Waals surface area contributed by atoms with Gasteiger partial charge in [-0.1, -0.05) is 24.3 Å². The van der Waals surface area contributed by atoms with E-state index in [0.717, 1.165) is 12.0 Å². The molecule has 0 saturated carbocycles. The molecule has 2 rings (SSSR count). The molecule has 0 aliphatic carbocycles. The Morgan fingerprint density at radius 3 is 1.84 bits per heavy atom. The highest BCUT2D eigenvalue weighted by atomic mass is 16.4. The van der Waals surface area contributed by atoms with Crippen molar-refractivity contribution in [1.82, 2.24) is 0 Å². The zero-order valence-corrected chi connectivity index (χ0v) is 11.1. The summed E-state index contributed by atoms with van der Waals surface area (Å²) in [5.41, 5.74) is 3.83. The number of carbonyl (C=O) groups is 1. The zero-order chi connectivity index (χ0) is 13.8. The molecule has 19 heavy (non-hydrogen) atoms. The molecule has 3 heteroatoms. The third kappa shape index (κ3) is 3.35. The topological polar surface area (TPSA) is 40.5 Å². The SMILES string of the molecule is CN(C)c1ccc(Cc2ccc(C(=O)O)cc2)cc1. The summed E-state index contributed by atoms with van der Waals surface area (Å²) < 4.78 is 0. The highest BCUT2D eigenvalue weighted by Crippen LogP contribution is 2.15. The van der Waals surface area contributed by atoms with E-state index in [1.54, 1.807) is 12.1 Å². The van der Waals surface area contributed by atoms with Crippen molar-refractivity contribution in [2.24, 2.45) is 0 Å². The Labute approximate surface area is 113 Å². The van der Waals surface area contributed by atoms with Gasteiger partial charge < -0.3 is 10.0 Å². The minimum Gasteiger partial charge on any atom is -0.478 e. The van der Waals surface area contributed by atoms with E-state index >= 15 is 0 Å². The Morgan fingerprint density at radius 2 is 1.42 bits per heavy atom.